The first-order valence-electron chi connectivity index (χ1n) is 5.98. The molecule has 0 heterocycles. The van der Waals surface area contributed by atoms with E-state index in [0.29, 0.717) is 5.57 Å². The Hall–Kier alpha value is -1.17. The summed E-state index contributed by atoms with van der Waals surface area (Å²) in [6.45, 7) is 6.17. The van der Waals surface area contributed by atoms with Crippen LogP contribution in [0.25, 0.3) is 0 Å². The highest BCUT2D eigenvalue weighted by Gasteiger charge is 2.25. The predicted molar refractivity (Wildman–Crippen MR) is 86.3 cm³/mol. The van der Waals surface area contributed by atoms with E-state index in [4.69, 9.17) is 4.74 Å². The zero-order valence-corrected chi connectivity index (χ0v) is 13.5. The van der Waals surface area contributed by atoms with Crippen molar-refractivity contribution in [3.8, 4) is 0 Å². The Morgan fingerprint density at radius 1 is 1.32 bits per heavy atom. The minimum Gasteiger partial charge on any atom is -0.457 e. The molecule has 102 valence electrons. The summed E-state index contributed by atoms with van der Waals surface area (Å²) in [7, 11) is 0. The van der Waals surface area contributed by atoms with E-state index in [-0.39, 0.29) is 18.0 Å². The van der Waals surface area contributed by atoms with Gasteiger partial charge in [0.15, 0.2) is 0 Å². The lowest BCUT2D eigenvalue weighted by atomic mass is 9.87. The summed E-state index contributed by atoms with van der Waals surface area (Å²) in [6.07, 6.45) is 1.57. The van der Waals surface area contributed by atoms with Crippen LogP contribution in [-0.2, 0) is 16.1 Å². The quantitative estimate of drug-likeness (QED) is 0.346. The molecule has 0 spiro atoms. The molecule has 0 saturated heterocycles. The summed E-state index contributed by atoms with van der Waals surface area (Å²) in [6, 6.07) is 9.63. The maximum Gasteiger partial charge on any atom is 0.336 e. The van der Waals surface area contributed by atoms with E-state index in [1.54, 1.807) is 10.4 Å². The molecule has 0 aliphatic heterocycles. The highest BCUT2D eigenvalue weighted by Crippen LogP contribution is 2.26. The molecule has 0 radical (unpaired) electrons. The first-order valence-corrected chi connectivity index (χ1v) is 7.23. The van der Waals surface area contributed by atoms with Crippen LogP contribution in [0, 0.1) is 5.41 Å². The van der Waals surface area contributed by atoms with E-state index in [9.17, 15) is 4.79 Å². The van der Waals surface area contributed by atoms with Gasteiger partial charge in [0.1, 0.15) is 6.61 Å². The van der Waals surface area contributed by atoms with E-state index < -0.39 is 0 Å². The fraction of sp³-hybridized carbons (Fsp3) is 0.333. The average molecular weight is 371 g/mol. The summed E-state index contributed by atoms with van der Waals surface area (Å²) in [5, 5.41) is 0. The standard InChI is InChI=1S/C15H18INO2/c1-15(2,3)13(9-17-11-16)14(18)19-10-12-7-5-4-6-8-12/h4-9,11H,10H2,1-3H3/b13-9+,17-11-. The van der Waals surface area contributed by atoms with Crippen LogP contribution in [0.2, 0.25) is 0 Å². The molecule has 1 aromatic carbocycles. The molecule has 0 aromatic heterocycles. The topological polar surface area (TPSA) is 38.7 Å². The number of esters is 1. The molecule has 19 heavy (non-hydrogen) atoms. The summed E-state index contributed by atoms with van der Waals surface area (Å²) in [4.78, 5) is 16.1. The maximum absolute atomic E-state index is 12.1. The average Bonchev–Trinajstić information content (AvgIpc) is 2.36. The summed E-state index contributed by atoms with van der Waals surface area (Å²) in [5.41, 5.74) is 1.24. The number of carbonyl (C=O) groups is 1. The Bertz CT molecular complexity index is 473. The van der Waals surface area contributed by atoms with Crippen LogP contribution >= 0.6 is 22.6 Å². The zero-order chi connectivity index (χ0) is 14.3. The van der Waals surface area contributed by atoms with Crippen LogP contribution in [0.15, 0.2) is 47.1 Å². The highest BCUT2D eigenvalue weighted by molar-refractivity contribution is 14.1. The minimum atomic E-state index is -0.321. The van der Waals surface area contributed by atoms with Gasteiger partial charge in [-0.05, 0) is 33.6 Å². The highest BCUT2D eigenvalue weighted by atomic mass is 127. The summed E-state index contributed by atoms with van der Waals surface area (Å²) >= 11 is 2.01. The van der Waals surface area contributed by atoms with Crippen molar-refractivity contribution >= 4 is 32.8 Å². The van der Waals surface area contributed by atoms with Crippen molar-refractivity contribution in [2.24, 2.45) is 10.4 Å². The lowest BCUT2D eigenvalue weighted by Gasteiger charge is -2.20. The van der Waals surface area contributed by atoms with E-state index >= 15 is 0 Å². The van der Waals surface area contributed by atoms with E-state index in [2.05, 4.69) is 4.99 Å². The van der Waals surface area contributed by atoms with Crippen LogP contribution < -0.4 is 0 Å². The molecule has 0 bridgehead atoms. The number of carbonyl (C=O) groups excluding carboxylic acids is 1. The molecule has 0 N–H and O–H groups in total. The monoisotopic (exact) mass is 371 g/mol. The Morgan fingerprint density at radius 2 is 1.95 bits per heavy atom. The van der Waals surface area contributed by atoms with Crippen molar-refractivity contribution in [3.05, 3.63) is 47.7 Å². The van der Waals surface area contributed by atoms with Crippen LogP contribution in [0.3, 0.4) is 0 Å². The van der Waals surface area contributed by atoms with Gasteiger partial charge >= 0.3 is 5.97 Å². The number of nitrogens with zero attached hydrogens (tertiary/aromatic N) is 1. The van der Waals surface area contributed by atoms with Crippen LogP contribution in [-0.4, -0.2) is 10.2 Å². The fourth-order valence-electron chi connectivity index (χ4n) is 1.46. The van der Waals surface area contributed by atoms with Gasteiger partial charge in [0, 0.05) is 6.20 Å². The van der Waals surface area contributed by atoms with E-state index in [1.165, 1.54) is 0 Å². The van der Waals surface area contributed by atoms with Gasteiger partial charge in [-0.25, -0.2) is 4.79 Å². The molecule has 1 aromatic rings. The third-order valence-electron chi connectivity index (χ3n) is 2.50. The van der Waals surface area contributed by atoms with Gasteiger partial charge in [-0.15, -0.1) is 0 Å². The number of halogens is 1. The van der Waals surface area contributed by atoms with Gasteiger partial charge in [-0.2, -0.15) is 0 Å². The molecule has 0 atom stereocenters. The molecule has 0 fully saturated rings. The second kappa shape index (κ2) is 7.43. The van der Waals surface area contributed by atoms with Crippen LogP contribution in [0.4, 0.5) is 0 Å². The fourth-order valence-corrected chi connectivity index (χ4v) is 1.62. The van der Waals surface area contributed by atoms with Gasteiger partial charge in [0.25, 0.3) is 0 Å². The minimum absolute atomic E-state index is 0.279. The van der Waals surface area contributed by atoms with Gasteiger partial charge in [0.2, 0.25) is 0 Å². The largest absolute Gasteiger partial charge is 0.457 e. The number of ether oxygens (including phenoxy) is 1. The lowest BCUT2D eigenvalue weighted by Crippen LogP contribution is -2.20. The first kappa shape index (κ1) is 15.9. The molecule has 0 saturated carbocycles. The number of hydrogen-bond donors (Lipinski definition) is 0. The van der Waals surface area contributed by atoms with Crippen molar-refractivity contribution in [3.63, 3.8) is 0 Å². The van der Waals surface area contributed by atoms with E-state index in [1.807, 2.05) is 73.7 Å². The molecule has 0 unspecified atom stereocenters. The number of benzene rings is 1. The second-order valence-corrected chi connectivity index (χ2v) is 5.66. The molecular weight excluding hydrogens is 353 g/mol. The van der Waals surface area contributed by atoms with E-state index in [0.717, 1.165) is 5.56 Å². The number of aliphatic imine (C=N–C) groups is 1. The SMILES string of the molecule is CC(C)(C)/C(=C/N=C\I)C(=O)OCc1ccccc1. The Morgan fingerprint density at radius 3 is 2.47 bits per heavy atom. The first-order chi connectivity index (χ1) is 8.95. The number of rotatable bonds is 4. The lowest BCUT2D eigenvalue weighted by molar-refractivity contribution is -0.141. The Balaban J connectivity index is 2.74. The third-order valence-corrected chi connectivity index (χ3v) is 2.82. The molecular formula is C15H18INO2. The van der Waals surface area contributed by atoms with Crippen molar-refractivity contribution in [1.29, 1.82) is 0 Å². The van der Waals surface area contributed by atoms with Gasteiger partial charge in [-0.3, -0.25) is 4.99 Å². The van der Waals surface area contributed by atoms with Crippen LogP contribution in [0.1, 0.15) is 26.3 Å². The zero-order valence-electron chi connectivity index (χ0n) is 11.4. The second-order valence-electron chi connectivity index (χ2n) is 5.10. The Kier molecular flexibility index (Phi) is 6.21. The maximum atomic E-state index is 12.1. The normalized spacial score (nSPS) is 12.7. The van der Waals surface area contributed by atoms with Crippen LogP contribution in [0.5, 0.6) is 0 Å². The van der Waals surface area contributed by atoms with Crippen molar-refractivity contribution in [2.45, 2.75) is 27.4 Å². The number of hydrogen-bond acceptors (Lipinski definition) is 3. The smallest absolute Gasteiger partial charge is 0.336 e. The van der Waals surface area contributed by atoms with Crippen molar-refractivity contribution in [2.75, 3.05) is 0 Å². The van der Waals surface area contributed by atoms with Crippen molar-refractivity contribution in [1.82, 2.24) is 0 Å². The predicted octanol–water partition coefficient (Wildman–Crippen LogP) is 4.12. The third kappa shape index (κ3) is 5.55. The van der Waals surface area contributed by atoms with Crippen molar-refractivity contribution < 1.29 is 9.53 Å². The molecule has 0 aliphatic carbocycles. The molecule has 3 nitrogen and oxygen atoms in total. The molecule has 0 aliphatic rings. The molecule has 0 amide bonds. The summed E-state index contributed by atoms with van der Waals surface area (Å²) < 4.78 is 6.95. The molecule has 1 rings (SSSR count). The summed E-state index contributed by atoms with van der Waals surface area (Å²) in [5.74, 6) is -0.321. The van der Waals surface area contributed by atoms with Gasteiger partial charge in [0.05, 0.1) is 9.79 Å². The Labute approximate surface area is 127 Å². The van der Waals surface area contributed by atoms with Gasteiger partial charge < -0.3 is 4.74 Å². The molecule has 4 heteroatoms. The van der Waals surface area contributed by atoms with Gasteiger partial charge in [-0.1, -0.05) is 51.1 Å².